The highest BCUT2D eigenvalue weighted by atomic mass is 16.1. The van der Waals surface area contributed by atoms with Gasteiger partial charge < -0.3 is 10.3 Å². The van der Waals surface area contributed by atoms with E-state index in [0.29, 0.717) is 18.7 Å². The molecule has 0 saturated carbocycles. The van der Waals surface area contributed by atoms with Gasteiger partial charge in [0.05, 0.1) is 11.4 Å². The second-order valence-electron chi connectivity index (χ2n) is 5.33. The molecule has 1 aliphatic rings. The zero-order valence-electron chi connectivity index (χ0n) is 12.3. The van der Waals surface area contributed by atoms with Crippen LogP contribution in [0, 0.1) is 0 Å². The fourth-order valence-electron chi connectivity index (χ4n) is 2.79. The molecule has 0 atom stereocenters. The minimum atomic E-state index is -0.0923. The van der Waals surface area contributed by atoms with Crippen molar-refractivity contribution < 1.29 is 4.79 Å². The summed E-state index contributed by atoms with van der Waals surface area (Å²) in [6, 6.07) is 11.6. The number of H-pyrrole nitrogens is 1. The average molecular weight is 305 g/mol. The number of rotatable bonds is 2. The maximum absolute atomic E-state index is 12.3. The van der Waals surface area contributed by atoms with Crippen LogP contribution in [0.1, 0.15) is 22.5 Å². The minimum Gasteiger partial charge on any atom is -0.350 e. The SMILES string of the molecule is O=C1NCC/C(=N\Nc2ccncc2)c2c1[nH]c1ccccc21. The summed E-state index contributed by atoms with van der Waals surface area (Å²) in [5.74, 6) is -0.0923. The van der Waals surface area contributed by atoms with Gasteiger partial charge >= 0.3 is 0 Å². The summed E-state index contributed by atoms with van der Waals surface area (Å²) in [7, 11) is 0. The van der Waals surface area contributed by atoms with E-state index in [2.05, 4.69) is 25.8 Å². The molecule has 114 valence electrons. The van der Waals surface area contributed by atoms with Gasteiger partial charge in [0.25, 0.3) is 5.91 Å². The molecule has 0 fully saturated rings. The molecule has 0 saturated heterocycles. The lowest BCUT2D eigenvalue weighted by atomic mass is 10.0. The Labute approximate surface area is 132 Å². The van der Waals surface area contributed by atoms with Gasteiger partial charge in [0.2, 0.25) is 0 Å². The second-order valence-corrected chi connectivity index (χ2v) is 5.33. The second kappa shape index (κ2) is 5.57. The molecule has 0 spiro atoms. The molecule has 1 amide bonds. The molecule has 23 heavy (non-hydrogen) atoms. The van der Waals surface area contributed by atoms with Gasteiger partial charge in [-0.3, -0.25) is 15.2 Å². The maximum atomic E-state index is 12.3. The summed E-state index contributed by atoms with van der Waals surface area (Å²) < 4.78 is 0. The standard InChI is InChI=1S/C17H15N5O/c23-17-16-15(12-3-1-2-4-13(12)20-16)14(7-10-19-17)22-21-11-5-8-18-9-6-11/h1-6,8-9,20H,7,10H2,(H,18,21)(H,19,23)/b22-14+. The highest BCUT2D eigenvalue weighted by molar-refractivity contribution is 6.19. The Morgan fingerprint density at radius 3 is 2.83 bits per heavy atom. The number of benzene rings is 1. The van der Waals surface area contributed by atoms with Gasteiger partial charge in [-0.25, -0.2) is 0 Å². The van der Waals surface area contributed by atoms with Crippen molar-refractivity contribution in [2.45, 2.75) is 6.42 Å². The molecule has 1 aromatic carbocycles. The molecule has 3 heterocycles. The van der Waals surface area contributed by atoms with Crippen molar-refractivity contribution in [3.63, 3.8) is 0 Å². The van der Waals surface area contributed by atoms with E-state index in [-0.39, 0.29) is 5.91 Å². The van der Waals surface area contributed by atoms with Crippen LogP contribution in [0.4, 0.5) is 5.69 Å². The first-order valence-corrected chi connectivity index (χ1v) is 7.45. The summed E-state index contributed by atoms with van der Waals surface area (Å²) in [6.07, 6.45) is 4.08. The van der Waals surface area contributed by atoms with E-state index in [1.165, 1.54) is 0 Å². The van der Waals surface area contributed by atoms with Gasteiger partial charge in [0, 0.05) is 41.8 Å². The molecule has 6 nitrogen and oxygen atoms in total. The van der Waals surface area contributed by atoms with Crippen LogP contribution < -0.4 is 10.7 Å². The molecule has 3 aromatic rings. The Morgan fingerprint density at radius 2 is 1.96 bits per heavy atom. The number of nitrogens with zero attached hydrogens (tertiary/aromatic N) is 2. The number of aromatic nitrogens is 2. The number of aromatic amines is 1. The molecule has 1 aliphatic heterocycles. The third kappa shape index (κ3) is 2.44. The first-order valence-electron chi connectivity index (χ1n) is 7.45. The zero-order valence-corrected chi connectivity index (χ0v) is 12.3. The van der Waals surface area contributed by atoms with Crippen molar-refractivity contribution in [3.05, 3.63) is 60.0 Å². The van der Waals surface area contributed by atoms with Crippen LogP contribution in [0.3, 0.4) is 0 Å². The van der Waals surface area contributed by atoms with Crippen LogP contribution in [-0.4, -0.2) is 28.1 Å². The van der Waals surface area contributed by atoms with Gasteiger partial charge in [-0.05, 0) is 18.2 Å². The van der Waals surface area contributed by atoms with E-state index in [0.717, 1.165) is 27.9 Å². The topological polar surface area (TPSA) is 82.2 Å². The normalized spacial score (nSPS) is 16.0. The summed E-state index contributed by atoms with van der Waals surface area (Å²) in [6.45, 7) is 0.562. The third-order valence-corrected chi connectivity index (χ3v) is 3.87. The Kier molecular flexibility index (Phi) is 3.27. The Bertz CT molecular complexity index is 898. The maximum Gasteiger partial charge on any atom is 0.268 e. The van der Waals surface area contributed by atoms with E-state index < -0.39 is 0 Å². The summed E-state index contributed by atoms with van der Waals surface area (Å²) in [5, 5.41) is 8.45. The van der Waals surface area contributed by atoms with Gasteiger partial charge in [0.1, 0.15) is 5.69 Å². The van der Waals surface area contributed by atoms with Gasteiger partial charge in [0.15, 0.2) is 0 Å². The first-order chi connectivity index (χ1) is 11.3. The van der Waals surface area contributed by atoms with Crippen LogP contribution in [0.5, 0.6) is 0 Å². The lowest BCUT2D eigenvalue weighted by Crippen LogP contribution is -2.23. The molecule has 6 heteroatoms. The zero-order chi connectivity index (χ0) is 15.6. The average Bonchev–Trinajstić information content (AvgIpc) is 2.91. The Balaban J connectivity index is 1.82. The van der Waals surface area contributed by atoms with E-state index >= 15 is 0 Å². The van der Waals surface area contributed by atoms with Crippen LogP contribution in [-0.2, 0) is 0 Å². The number of carbonyl (C=O) groups is 1. The van der Waals surface area contributed by atoms with Gasteiger partial charge in [-0.2, -0.15) is 5.10 Å². The van der Waals surface area contributed by atoms with Crippen molar-refractivity contribution in [2.75, 3.05) is 12.0 Å². The molecule has 0 aliphatic carbocycles. The fourth-order valence-corrected chi connectivity index (χ4v) is 2.79. The van der Waals surface area contributed by atoms with Crippen LogP contribution >= 0.6 is 0 Å². The molecular weight excluding hydrogens is 290 g/mol. The number of hydrazone groups is 1. The number of amides is 1. The van der Waals surface area contributed by atoms with E-state index in [1.807, 2.05) is 36.4 Å². The number of nitrogens with one attached hydrogen (secondary N) is 3. The molecule has 2 aromatic heterocycles. The number of hydrogen-bond donors (Lipinski definition) is 3. The van der Waals surface area contributed by atoms with Crippen molar-refractivity contribution in [3.8, 4) is 0 Å². The number of hydrogen-bond acceptors (Lipinski definition) is 4. The largest absolute Gasteiger partial charge is 0.350 e. The van der Waals surface area contributed by atoms with Crippen molar-refractivity contribution >= 4 is 28.2 Å². The molecule has 0 radical (unpaired) electrons. The highest BCUT2D eigenvalue weighted by Crippen LogP contribution is 2.25. The fraction of sp³-hybridized carbons (Fsp3) is 0.118. The van der Waals surface area contributed by atoms with E-state index in [1.54, 1.807) is 12.4 Å². The smallest absolute Gasteiger partial charge is 0.268 e. The van der Waals surface area contributed by atoms with E-state index in [9.17, 15) is 4.79 Å². The molecule has 3 N–H and O–H groups in total. The number of anilines is 1. The quantitative estimate of drug-likeness (QED) is 0.636. The molecule has 4 rings (SSSR count). The molecule has 0 unspecified atom stereocenters. The highest BCUT2D eigenvalue weighted by Gasteiger charge is 2.24. The Morgan fingerprint density at radius 1 is 1.13 bits per heavy atom. The summed E-state index contributed by atoms with van der Waals surface area (Å²) in [5.41, 5.74) is 7.14. The number of fused-ring (bicyclic) bond motifs is 3. The predicted octanol–water partition coefficient (Wildman–Crippen LogP) is 2.51. The third-order valence-electron chi connectivity index (χ3n) is 3.87. The number of pyridine rings is 1. The van der Waals surface area contributed by atoms with Crippen molar-refractivity contribution in [2.24, 2.45) is 5.10 Å². The van der Waals surface area contributed by atoms with Gasteiger partial charge in [-0.15, -0.1) is 0 Å². The monoisotopic (exact) mass is 305 g/mol. The lowest BCUT2D eigenvalue weighted by molar-refractivity contribution is 0.0952. The predicted molar refractivity (Wildman–Crippen MR) is 89.6 cm³/mol. The Hall–Kier alpha value is -3.15. The summed E-state index contributed by atoms with van der Waals surface area (Å²) >= 11 is 0. The number of carbonyl (C=O) groups excluding carboxylic acids is 1. The first kappa shape index (κ1) is 13.5. The van der Waals surface area contributed by atoms with Crippen LogP contribution in [0.2, 0.25) is 0 Å². The molecule has 0 bridgehead atoms. The minimum absolute atomic E-state index is 0.0923. The van der Waals surface area contributed by atoms with Crippen LogP contribution in [0.25, 0.3) is 10.9 Å². The lowest BCUT2D eigenvalue weighted by Gasteiger charge is -2.05. The summed E-state index contributed by atoms with van der Waals surface area (Å²) in [4.78, 5) is 19.5. The molecular formula is C17H15N5O. The number of para-hydroxylation sites is 1. The van der Waals surface area contributed by atoms with Crippen molar-refractivity contribution in [1.82, 2.24) is 15.3 Å². The van der Waals surface area contributed by atoms with E-state index in [4.69, 9.17) is 0 Å². The van der Waals surface area contributed by atoms with Crippen LogP contribution in [0.15, 0.2) is 53.9 Å². The van der Waals surface area contributed by atoms with Crippen molar-refractivity contribution in [1.29, 1.82) is 0 Å². The van der Waals surface area contributed by atoms with Gasteiger partial charge in [-0.1, -0.05) is 18.2 Å².